The predicted molar refractivity (Wildman–Crippen MR) is 83.4 cm³/mol. The molecule has 0 spiro atoms. The van der Waals surface area contributed by atoms with E-state index >= 15 is 0 Å². The van der Waals surface area contributed by atoms with Crippen LogP contribution in [-0.4, -0.2) is 45.1 Å². The second-order valence-corrected chi connectivity index (χ2v) is 7.54. The number of ether oxygens (including phenoxy) is 1. The van der Waals surface area contributed by atoms with Gasteiger partial charge in [-0.25, -0.2) is 8.42 Å². The average Bonchev–Trinajstić information content (AvgIpc) is 2.47. The summed E-state index contributed by atoms with van der Waals surface area (Å²) in [6.45, 7) is 6.71. The van der Waals surface area contributed by atoms with E-state index in [1.54, 1.807) is 0 Å². The molecule has 21 heavy (non-hydrogen) atoms. The second-order valence-electron chi connectivity index (χ2n) is 5.57. The van der Waals surface area contributed by atoms with E-state index in [0.29, 0.717) is 38.9 Å². The molecule has 0 aromatic heterocycles. The molecule has 1 heterocycles. The van der Waals surface area contributed by atoms with Crippen LogP contribution in [0.25, 0.3) is 0 Å². The molecule has 5 nitrogen and oxygen atoms in total. The van der Waals surface area contributed by atoms with Crippen molar-refractivity contribution in [1.82, 2.24) is 9.62 Å². The van der Waals surface area contributed by atoms with E-state index in [4.69, 9.17) is 4.74 Å². The molecule has 1 fully saturated rings. The van der Waals surface area contributed by atoms with Crippen molar-refractivity contribution in [1.29, 1.82) is 0 Å². The van der Waals surface area contributed by atoms with E-state index in [0.717, 1.165) is 11.1 Å². The number of rotatable bonds is 6. The highest BCUT2D eigenvalue weighted by Gasteiger charge is 2.25. The van der Waals surface area contributed by atoms with E-state index in [2.05, 4.69) is 19.2 Å². The molecule has 118 valence electrons. The van der Waals surface area contributed by atoms with Gasteiger partial charge in [0.25, 0.3) is 0 Å². The Kier molecular flexibility index (Phi) is 5.75. The Labute approximate surface area is 127 Å². The summed E-state index contributed by atoms with van der Waals surface area (Å²) in [5.41, 5.74) is 1.92. The molecule has 1 aliphatic rings. The summed E-state index contributed by atoms with van der Waals surface area (Å²) in [5, 5.41) is 3.34. The van der Waals surface area contributed by atoms with Gasteiger partial charge in [-0.05, 0) is 11.1 Å². The normalized spacial score (nSPS) is 17.3. The molecule has 0 unspecified atom stereocenters. The molecule has 1 aromatic rings. The van der Waals surface area contributed by atoms with Crippen molar-refractivity contribution < 1.29 is 13.2 Å². The molecule has 6 heteroatoms. The molecule has 0 saturated carbocycles. The highest BCUT2D eigenvalue weighted by Crippen LogP contribution is 2.16. The van der Waals surface area contributed by atoms with Crippen LogP contribution in [0.1, 0.15) is 25.0 Å². The standard InChI is InChI=1S/C15H24N2O3S/c1-13(2)16-11-14-5-3-4-6-15(14)12-21(18,19)17-7-9-20-10-8-17/h3-6,13,16H,7-12H2,1-2H3. The smallest absolute Gasteiger partial charge is 0.218 e. The second kappa shape index (κ2) is 7.35. The van der Waals surface area contributed by atoms with Gasteiger partial charge < -0.3 is 10.1 Å². The van der Waals surface area contributed by atoms with Crippen LogP contribution in [0.15, 0.2) is 24.3 Å². The van der Waals surface area contributed by atoms with Gasteiger partial charge in [0.15, 0.2) is 0 Å². The fourth-order valence-electron chi connectivity index (χ4n) is 2.30. The quantitative estimate of drug-likeness (QED) is 0.861. The first-order chi connectivity index (χ1) is 9.99. The maximum absolute atomic E-state index is 12.5. The lowest BCUT2D eigenvalue weighted by molar-refractivity contribution is 0.0729. The van der Waals surface area contributed by atoms with Gasteiger partial charge in [0.1, 0.15) is 0 Å². The van der Waals surface area contributed by atoms with Crippen molar-refractivity contribution in [2.24, 2.45) is 0 Å². The number of nitrogens with zero attached hydrogens (tertiary/aromatic N) is 1. The summed E-state index contributed by atoms with van der Waals surface area (Å²) < 4.78 is 31.7. The molecule has 0 amide bonds. The van der Waals surface area contributed by atoms with Crippen molar-refractivity contribution in [3.05, 3.63) is 35.4 Å². The first-order valence-corrected chi connectivity index (χ1v) is 8.95. The molecular weight excluding hydrogens is 288 g/mol. The van der Waals surface area contributed by atoms with Crippen LogP contribution in [-0.2, 0) is 27.1 Å². The van der Waals surface area contributed by atoms with Gasteiger partial charge in [-0.2, -0.15) is 4.31 Å². The maximum atomic E-state index is 12.5. The molecule has 1 saturated heterocycles. The Morgan fingerprint density at radius 1 is 1.19 bits per heavy atom. The third-order valence-corrected chi connectivity index (χ3v) is 5.35. The van der Waals surface area contributed by atoms with E-state index in [-0.39, 0.29) is 5.75 Å². The lowest BCUT2D eigenvalue weighted by Gasteiger charge is -2.26. The van der Waals surface area contributed by atoms with E-state index in [9.17, 15) is 8.42 Å². The van der Waals surface area contributed by atoms with E-state index < -0.39 is 10.0 Å². The van der Waals surface area contributed by atoms with Gasteiger partial charge in [-0.3, -0.25) is 0 Å². The Morgan fingerprint density at radius 2 is 1.81 bits per heavy atom. The summed E-state index contributed by atoms with van der Waals surface area (Å²) in [7, 11) is -3.27. The molecule has 0 radical (unpaired) electrons. The minimum atomic E-state index is -3.27. The van der Waals surface area contributed by atoms with Crippen molar-refractivity contribution in [3.63, 3.8) is 0 Å². The minimum Gasteiger partial charge on any atom is -0.379 e. The fourth-order valence-corrected chi connectivity index (χ4v) is 3.86. The monoisotopic (exact) mass is 312 g/mol. The highest BCUT2D eigenvalue weighted by molar-refractivity contribution is 7.88. The topological polar surface area (TPSA) is 58.6 Å². The number of benzene rings is 1. The Bertz CT molecular complexity index is 552. The fraction of sp³-hybridized carbons (Fsp3) is 0.600. The number of hydrogen-bond acceptors (Lipinski definition) is 4. The average molecular weight is 312 g/mol. The number of hydrogen-bond donors (Lipinski definition) is 1. The molecule has 1 aliphatic heterocycles. The summed E-state index contributed by atoms with van der Waals surface area (Å²) >= 11 is 0. The molecular formula is C15H24N2O3S. The van der Waals surface area contributed by atoms with E-state index in [1.165, 1.54) is 4.31 Å². The maximum Gasteiger partial charge on any atom is 0.218 e. The molecule has 0 bridgehead atoms. The summed E-state index contributed by atoms with van der Waals surface area (Å²) in [4.78, 5) is 0. The van der Waals surface area contributed by atoms with Crippen LogP contribution in [0.3, 0.4) is 0 Å². The van der Waals surface area contributed by atoms with Gasteiger partial charge in [0.2, 0.25) is 10.0 Å². The highest BCUT2D eigenvalue weighted by atomic mass is 32.2. The van der Waals surface area contributed by atoms with E-state index in [1.807, 2.05) is 24.3 Å². The van der Waals surface area contributed by atoms with Crippen molar-refractivity contribution in [2.75, 3.05) is 26.3 Å². The van der Waals surface area contributed by atoms with Gasteiger partial charge in [0.05, 0.1) is 19.0 Å². The first kappa shape index (κ1) is 16.4. The summed E-state index contributed by atoms with van der Waals surface area (Å²) in [5.74, 6) is 0.0585. The van der Waals surface area contributed by atoms with Crippen LogP contribution < -0.4 is 5.32 Å². The summed E-state index contributed by atoms with van der Waals surface area (Å²) in [6, 6.07) is 8.09. The zero-order chi connectivity index (χ0) is 15.3. The lowest BCUT2D eigenvalue weighted by atomic mass is 10.1. The van der Waals surface area contributed by atoms with Crippen molar-refractivity contribution >= 4 is 10.0 Å². The van der Waals surface area contributed by atoms with Gasteiger partial charge in [-0.15, -0.1) is 0 Å². The Morgan fingerprint density at radius 3 is 2.43 bits per heavy atom. The third-order valence-electron chi connectivity index (χ3n) is 3.52. The van der Waals surface area contributed by atoms with Gasteiger partial charge in [-0.1, -0.05) is 38.1 Å². The first-order valence-electron chi connectivity index (χ1n) is 7.35. The van der Waals surface area contributed by atoms with Crippen LogP contribution in [0.5, 0.6) is 0 Å². The predicted octanol–water partition coefficient (Wildman–Crippen LogP) is 1.35. The molecule has 0 atom stereocenters. The van der Waals surface area contributed by atoms with Crippen LogP contribution >= 0.6 is 0 Å². The Balaban J connectivity index is 2.10. The number of morpholine rings is 1. The molecule has 1 N–H and O–H groups in total. The largest absolute Gasteiger partial charge is 0.379 e. The molecule has 1 aromatic carbocycles. The van der Waals surface area contributed by atoms with Crippen LogP contribution in [0.2, 0.25) is 0 Å². The SMILES string of the molecule is CC(C)NCc1ccccc1CS(=O)(=O)N1CCOCC1. The zero-order valence-corrected chi connectivity index (χ0v) is 13.5. The number of nitrogens with one attached hydrogen (secondary N) is 1. The third kappa shape index (κ3) is 4.78. The van der Waals surface area contributed by atoms with Gasteiger partial charge in [0, 0.05) is 25.7 Å². The lowest BCUT2D eigenvalue weighted by Crippen LogP contribution is -2.41. The zero-order valence-electron chi connectivity index (χ0n) is 12.7. The van der Waals surface area contributed by atoms with Crippen LogP contribution in [0.4, 0.5) is 0 Å². The minimum absolute atomic E-state index is 0.0585. The Hall–Kier alpha value is -0.950. The van der Waals surface area contributed by atoms with Gasteiger partial charge >= 0.3 is 0 Å². The number of sulfonamides is 1. The summed E-state index contributed by atoms with van der Waals surface area (Å²) in [6.07, 6.45) is 0. The van der Waals surface area contributed by atoms with Crippen LogP contribution in [0, 0.1) is 0 Å². The molecule has 2 rings (SSSR count). The van der Waals surface area contributed by atoms with Crippen molar-refractivity contribution in [2.45, 2.75) is 32.2 Å². The van der Waals surface area contributed by atoms with Crippen molar-refractivity contribution in [3.8, 4) is 0 Å². The molecule has 0 aliphatic carbocycles.